The van der Waals surface area contributed by atoms with E-state index in [2.05, 4.69) is 21.2 Å². The van der Waals surface area contributed by atoms with Crippen LogP contribution < -0.4 is 5.32 Å². The summed E-state index contributed by atoms with van der Waals surface area (Å²) in [6, 6.07) is 10.7. The molecule has 19 heavy (non-hydrogen) atoms. The predicted octanol–water partition coefficient (Wildman–Crippen LogP) is 3.43. The topological polar surface area (TPSA) is 46.2 Å². The molecule has 1 aromatic heterocycles. The van der Waals surface area contributed by atoms with Gasteiger partial charge in [-0.1, -0.05) is 30.3 Å². The summed E-state index contributed by atoms with van der Waals surface area (Å²) in [6.45, 7) is 1.93. The van der Waals surface area contributed by atoms with Gasteiger partial charge < -0.3 is 5.32 Å². The van der Waals surface area contributed by atoms with Crippen LogP contribution in [-0.4, -0.2) is 18.2 Å². The average Bonchev–Trinajstić information content (AvgIpc) is 2.77. The van der Waals surface area contributed by atoms with Gasteiger partial charge in [0, 0.05) is 5.56 Å². The number of halogens is 1. The zero-order valence-corrected chi connectivity index (χ0v) is 12.7. The Morgan fingerprint density at radius 2 is 1.95 bits per heavy atom. The minimum Gasteiger partial charge on any atom is -0.344 e. The summed E-state index contributed by atoms with van der Waals surface area (Å²) in [6.07, 6.45) is 0. The summed E-state index contributed by atoms with van der Waals surface area (Å²) < 4.78 is 0.937. The fourth-order valence-corrected chi connectivity index (χ4v) is 3.00. The molecule has 0 aliphatic carbocycles. The number of nitrogens with one attached hydrogen (secondary N) is 1. The van der Waals surface area contributed by atoms with Crippen molar-refractivity contribution < 1.29 is 9.59 Å². The van der Waals surface area contributed by atoms with E-state index in [-0.39, 0.29) is 18.2 Å². The van der Waals surface area contributed by atoms with Gasteiger partial charge in [-0.2, -0.15) is 0 Å². The van der Waals surface area contributed by atoms with Crippen molar-refractivity contribution in [1.29, 1.82) is 0 Å². The number of amides is 1. The average molecular weight is 338 g/mol. The van der Waals surface area contributed by atoms with Gasteiger partial charge in [0.15, 0.2) is 5.78 Å². The van der Waals surface area contributed by atoms with Gasteiger partial charge in [-0.3, -0.25) is 9.59 Å². The Morgan fingerprint density at radius 3 is 2.53 bits per heavy atom. The molecule has 2 rings (SSSR count). The van der Waals surface area contributed by atoms with E-state index in [4.69, 9.17) is 0 Å². The Morgan fingerprint density at radius 1 is 1.26 bits per heavy atom. The first-order valence-electron chi connectivity index (χ1n) is 5.70. The van der Waals surface area contributed by atoms with Crippen molar-refractivity contribution >= 4 is 39.0 Å². The molecule has 0 radical (unpaired) electrons. The Kier molecular flexibility index (Phi) is 4.50. The maximum Gasteiger partial charge on any atom is 0.261 e. The maximum atomic E-state index is 11.9. The highest BCUT2D eigenvalue weighted by Gasteiger charge is 2.12. The summed E-state index contributed by atoms with van der Waals surface area (Å²) in [4.78, 5) is 24.3. The van der Waals surface area contributed by atoms with Crippen LogP contribution >= 0.6 is 27.3 Å². The van der Waals surface area contributed by atoms with Gasteiger partial charge in [-0.05, 0) is 34.5 Å². The molecule has 5 heteroatoms. The summed E-state index contributed by atoms with van der Waals surface area (Å²) in [5.74, 6) is -0.315. The summed E-state index contributed by atoms with van der Waals surface area (Å²) in [7, 11) is 0. The number of Topliss-reactive ketones (excluding diaryl/α,β-unsaturated/α-hetero) is 1. The standard InChI is InChI=1S/C14H12BrNO2S/c1-9-7-12(19-13(9)15)14(18)16-8-11(17)10-5-3-2-4-6-10/h2-7H,8H2,1H3,(H,16,18). The SMILES string of the molecule is Cc1cc(C(=O)NCC(=O)c2ccccc2)sc1Br. The smallest absolute Gasteiger partial charge is 0.261 e. The summed E-state index contributed by atoms with van der Waals surface area (Å²) in [5, 5.41) is 2.64. The molecule has 98 valence electrons. The van der Waals surface area contributed by atoms with Gasteiger partial charge in [0.05, 0.1) is 15.2 Å². The van der Waals surface area contributed by atoms with E-state index < -0.39 is 0 Å². The Balaban J connectivity index is 1.96. The number of hydrogen-bond acceptors (Lipinski definition) is 3. The predicted molar refractivity (Wildman–Crippen MR) is 79.9 cm³/mol. The lowest BCUT2D eigenvalue weighted by molar-refractivity contribution is 0.0906. The van der Waals surface area contributed by atoms with Gasteiger partial charge in [0.1, 0.15) is 0 Å². The molecule has 0 bridgehead atoms. The molecule has 0 fully saturated rings. The fourth-order valence-electron chi connectivity index (χ4n) is 1.55. The molecule has 0 aliphatic rings. The lowest BCUT2D eigenvalue weighted by Crippen LogP contribution is -2.28. The number of carbonyl (C=O) groups excluding carboxylic acids is 2. The second-order valence-corrected chi connectivity index (χ2v) is 6.41. The highest BCUT2D eigenvalue weighted by Crippen LogP contribution is 2.27. The van der Waals surface area contributed by atoms with Gasteiger partial charge in [0.2, 0.25) is 0 Å². The van der Waals surface area contributed by atoms with Crippen LogP contribution in [0, 0.1) is 6.92 Å². The highest BCUT2D eigenvalue weighted by atomic mass is 79.9. The van der Waals surface area contributed by atoms with Crippen molar-refractivity contribution in [2.45, 2.75) is 6.92 Å². The van der Waals surface area contributed by atoms with E-state index in [1.807, 2.05) is 13.0 Å². The zero-order chi connectivity index (χ0) is 13.8. The largest absolute Gasteiger partial charge is 0.344 e. The van der Waals surface area contributed by atoms with Gasteiger partial charge >= 0.3 is 0 Å². The molecule has 0 atom stereocenters. The van der Waals surface area contributed by atoms with Gasteiger partial charge in [-0.15, -0.1) is 11.3 Å². The van der Waals surface area contributed by atoms with Crippen molar-refractivity contribution in [3.05, 3.63) is 56.2 Å². The molecule has 0 saturated carbocycles. The number of aryl methyl sites for hydroxylation is 1. The van der Waals surface area contributed by atoms with Gasteiger partial charge in [-0.25, -0.2) is 0 Å². The molecule has 0 aliphatic heterocycles. The molecule has 2 aromatic rings. The van der Waals surface area contributed by atoms with Crippen LogP contribution in [0.2, 0.25) is 0 Å². The summed E-state index contributed by atoms with van der Waals surface area (Å²) in [5.41, 5.74) is 1.62. The Bertz CT molecular complexity index is 588. The van der Waals surface area contributed by atoms with E-state index in [1.54, 1.807) is 30.3 Å². The molecule has 1 N–H and O–H groups in total. The second-order valence-electron chi connectivity index (χ2n) is 4.04. The van der Waals surface area contributed by atoms with Crippen LogP contribution in [0.4, 0.5) is 0 Å². The van der Waals surface area contributed by atoms with Crippen LogP contribution in [0.3, 0.4) is 0 Å². The van der Waals surface area contributed by atoms with E-state index in [0.717, 1.165) is 9.35 Å². The molecule has 1 heterocycles. The van der Waals surface area contributed by atoms with E-state index in [0.29, 0.717) is 10.4 Å². The van der Waals surface area contributed by atoms with Crippen molar-refractivity contribution in [1.82, 2.24) is 5.32 Å². The third-order valence-electron chi connectivity index (χ3n) is 2.59. The monoisotopic (exact) mass is 337 g/mol. The van der Waals surface area contributed by atoms with E-state index in [9.17, 15) is 9.59 Å². The van der Waals surface area contributed by atoms with Crippen molar-refractivity contribution in [3.63, 3.8) is 0 Å². The molecule has 0 unspecified atom stereocenters. The second kappa shape index (κ2) is 6.12. The van der Waals surface area contributed by atoms with Crippen LogP contribution in [0.1, 0.15) is 25.6 Å². The van der Waals surface area contributed by atoms with Gasteiger partial charge in [0.25, 0.3) is 5.91 Å². The zero-order valence-electron chi connectivity index (χ0n) is 10.3. The Labute approximate surface area is 123 Å². The van der Waals surface area contributed by atoms with E-state index >= 15 is 0 Å². The number of thiophene rings is 1. The molecule has 3 nitrogen and oxygen atoms in total. The summed E-state index contributed by atoms with van der Waals surface area (Å²) >= 11 is 4.74. The molecular formula is C14H12BrNO2S. The third kappa shape index (κ3) is 3.52. The van der Waals surface area contributed by atoms with Crippen LogP contribution in [-0.2, 0) is 0 Å². The number of rotatable bonds is 4. The number of ketones is 1. The van der Waals surface area contributed by atoms with Crippen molar-refractivity contribution in [2.75, 3.05) is 6.54 Å². The lowest BCUT2D eigenvalue weighted by Gasteiger charge is -2.02. The molecular weight excluding hydrogens is 326 g/mol. The van der Waals surface area contributed by atoms with Crippen LogP contribution in [0.25, 0.3) is 0 Å². The van der Waals surface area contributed by atoms with Crippen LogP contribution in [0.5, 0.6) is 0 Å². The molecule has 0 saturated heterocycles. The molecule has 0 spiro atoms. The number of hydrogen-bond donors (Lipinski definition) is 1. The van der Waals surface area contributed by atoms with Crippen molar-refractivity contribution in [3.8, 4) is 0 Å². The first-order chi connectivity index (χ1) is 9.08. The maximum absolute atomic E-state index is 11.9. The minimum absolute atomic E-state index is 0.0113. The normalized spacial score (nSPS) is 10.2. The van der Waals surface area contributed by atoms with Crippen LogP contribution in [0.15, 0.2) is 40.2 Å². The molecule has 1 aromatic carbocycles. The number of carbonyl (C=O) groups is 2. The Hall–Kier alpha value is -1.46. The fraction of sp³-hybridized carbons (Fsp3) is 0.143. The van der Waals surface area contributed by atoms with Crippen molar-refractivity contribution in [2.24, 2.45) is 0 Å². The first-order valence-corrected chi connectivity index (χ1v) is 7.31. The highest BCUT2D eigenvalue weighted by molar-refractivity contribution is 9.11. The third-order valence-corrected chi connectivity index (χ3v) is 4.72. The van der Waals surface area contributed by atoms with E-state index in [1.165, 1.54) is 11.3 Å². The minimum atomic E-state index is -0.219. The number of benzene rings is 1. The lowest BCUT2D eigenvalue weighted by atomic mass is 10.1. The quantitative estimate of drug-likeness (QED) is 0.868. The first kappa shape index (κ1) is 14.0. The molecule has 1 amide bonds.